The molecule has 1 N–H and O–H groups in total. The van der Waals surface area contributed by atoms with E-state index in [4.69, 9.17) is 14.5 Å². The molecule has 7 nitrogen and oxygen atoms in total. The van der Waals surface area contributed by atoms with E-state index < -0.39 is 0 Å². The van der Waals surface area contributed by atoms with Crippen LogP contribution in [-0.2, 0) is 11.3 Å². The molecule has 0 radical (unpaired) electrons. The lowest BCUT2D eigenvalue weighted by molar-refractivity contribution is 0.146. The van der Waals surface area contributed by atoms with Gasteiger partial charge in [0.05, 0.1) is 12.3 Å². The first-order valence-corrected chi connectivity index (χ1v) is 10.7. The Labute approximate surface area is 182 Å². The van der Waals surface area contributed by atoms with Crippen LogP contribution in [0, 0.1) is 0 Å². The van der Waals surface area contributed by atoms with Gasteiger partial charge >= 0.3 is 0 Å². The first kappa shape index (κ1) is 21.2. The highest BCUT2D eigenvalue weighted by molar-refractivity contribution is 5.57. The molecule has 4 rings (SSSR count). The summed E-state index contributed by atoms with van der Waals surface area (Å²) >= 11 is 0. The van der Waals surface area contributed by atoms with Crippen molar-refractivity contribution in [2.45, 2.75) is 25.3 Å². The lowest BCUT2D eigenvalue weighted by Gasteiger charge is -2.32. The number of benzene rings is 1. The van der Waals surface area contributed by atoms with Gasteiger partial charge in [-0.25, -0.2) is 4.98 Å². The Balaban J connectivity index is 1.42. The Morgan fingerprint density at radius 1 is 1.13 bits per heavy atom. The number of piperidine rings is 1. The number of nitrogens with zero attached hydrogens (tertiary/aromatic N) is 3. The Morgan fingerprint density at radius 2 is 1.94 bits per heavy atom. The second-order valence-corrected chi connectivity index (χ2v) is 7.81. The number of pyridine rings is 1. The van der Waals surface area contributed by atoms with Crippen LogP contribution in [-0.4, -0.2) is 53.3 Å². The smallest absolute Gasteiger partial charge is 0.251 e. The zero-order valence-electron chi connectivity index (χ0n) is 17.8. The lowest BCUT2D eigenvalue weighted by atomic mass is 9.96. The number of aromatic nitrogens is 3. The van der Waals surface area contributed by atoms with Gasteiger partial charge < -0.3 is 14.5 Å². The SMILES string of the molecule is COCCOc1ccc(CN2CCCC(c3nc(-c4ccncc4)cc(=O)[nH]3)C2)cc1. The topological polar surface area (TPSA) is 80.3 Å². The molecule has 0 bridgehead atoms. The van der Waals surface area contributed by atoms with Crippen molar-refractivity contribution in [3.05, 3.63) is 76.6 Å². The van der Waals surface area contributed by atoms with Gasteiger partial charge in [0, 0.05) is 50.1 Å². The number of likely N-dealkylation sites (tertiary alicyclic amines) is 1. The van der Waals surface area contributed by atoms with Crippen molar-refractivity contribution >= 4 is 0 Å². The van der Waals surface area contributed by atoms with E-state index in [9.17, 15) is 4.79 Å². The fourth-order valence-electron chi connectivity index (χ4n) is 3.95. The minimum Gasteiger partial charge on any atom is -0.491 e. The quantitative estimate of drug-likeness (QED) is 0.564. The number of nitrogens with one attached hydrogen (secondary N) is 1. The summed E-state index contributed by atoms with van der Waals surface area (Å²) in [4.78, 5) is 26.5. The highest BCUT2D eigenvalue weighted by Crippen LogP contribution is 2.26. The molecular weight excluding hydrogens is 392 g/mol. The Kier molecular flexibility index (Phi) is 7.07. The summed E-state index contributed by atoms with van der Waals surface area (Å²) in [6.07, 6.45) is 5.53. The van der Waals surface area contributed by atoms with Gasteiger partial charge in [-0.05, 0) is 49.2 Å². The van der Waals surface area contributed by atoms with E-state index >= 15 is 0 Å². The maximum absolute atomic E-state index is 12.3. The van der Waals surface area contributed by atoms with Gasteiger partial charge in [-0.15, -0.1) is 0 Å². The Morgan fingerprint density at radius 3 is 2.71 bits per heavy atom. The molecule has 0 amide bonds. The van der Waals surface area contributed by atoms with Crippen molar-refractivity contribution < 1.29 is 9.47 Å². The molecule has 3 aromatic rings. The maximum Gasteiger partial charge on any atom is 0.251 e. The van der Waals surface area contributed by atoms with E-state index in [1.165, 1.54) is 5.56 Å². The first-order chi connectivity index (χ1) is 15.2. The predicted molar refractivity (Wildman–Crippen MR) is 119 cm³/mol. The van der Waals surface area contributed by atoms with Crippen LogP contribution in [0.1, 0.15) is 30.1 Å². The first-order valence-electron chi connectivity index (χ1n) is 10.7. The monoisotopic (exact) mass is 420 g/mol. The average molecular weight is 421 g/mol. The fourth-order valence-corrected chi connectivity index (χ4v) is 3.95. The summed E-state index contributed by atoms with van der Waals surface area (Å²) in [5.41, 5.74) is 2.73. The number of methoxy groups -OCH3 is 1. The average Bonchev–Trinajstić information content (AvgIpc) is 2.81. The largest absolute Gasteiger partial charge is 0.491 e. The van der Waals surface area contributed by atoms with Gasteiger partial charge in [-0.2, -0.15) is 0 Å². The molecule has 2 aromatic heterocycles. The third kappa shape index (κ3) is 5.77. The van der Waals surface area contributed by atoms with Crippen molar-refractivity contribution in [1.29, 1.82) is 0 Å². The van der Waals surface area contributed by atoms with Gasteiger partial charge in [0.1, 0.15) is 18.2 Å². The van der Waals surface area contributed by atoms with E-state index in [-0.39, 0.29) is 11.5 Å². The molecule has 3 heterocycles. The van der Waals surface area contributed by atoms with Crippen molar-refractivity contribution in [2.75, 3.05) is 33.4 Å². The molecule has 1 aliphatic rings. The molecule has 1 unspecified atom stereocenters. The fraction of sp³-hybridized carbons (Fsp3) is 0.375. The van der Waals surface area contributed by atoms with Crippen LogP contribution in [0.4, 0.5) is 0 Å². The second kappa shape index (κ2) is 10.3. The third-order valence-corrected chi connectivity index (χ3v) is 5.51. The molecule has 162 valence electrons. The zero-order valence-corrected chi connectivity index (χ0v) is 17.8. The van der Waals surface area contributed by atoms with Crippen LogP contribution in [0.2, 0.25) is 0 Å². The number of ether oxygens (including phenoxy) is 2. The Hall–Kier alpha value is -3.03. The molecule has 0 saturated carbocycles. The van der Waals surface area contributed by atoms with Crippen LogP contribution in [0.3, 0.4) is 0 Å². The van der Waals surface area contributed by atoms with Crippen molar-refractivity contribution in [3.63, 3.8) is 0 Å². The van der Waals surface area contributed by atoms with Crippen molar-refractivity contribution in [3.8, 4) is 17.0 Å². The zero-order chi connectivity index (χ0) is 21.5. The highest BCUT2D eigenvalue weighted by atomic mass is 16.5. The molecule has 1 atom stereocenters. The molecule has 31 heavy (non-hydrogen) atoms. The Bertz CT molecular complexity index is 1020. The van der Waals surface area contributed by atoms with Gasteiger partial charge in [-0.3, -0.25) is 14.7 Å². The van der Waals surface area contributed by atoms with Gasteiger partial charge in [0.2, 0.25) is 0 Å². The summed E-state index contributed by atoms with van der Waals surface area (Å²) in [6.45, 7) is 3.90. The van der Waals surface area contributed by atoms with Gasteiger partial charge in [0.25, 0.3) is 5.56 Å². The normalized spacial score (nSPS) is 16.9. The second-order valence-electron chi connectivity index (χ2n) is 7.81. The minimum absolute atomic E-state index is 0.113. The third-order valence-electron chi connectivity index (χ3n) is 5.51. The summed E-state index contributed by atoms with van der Waals surface area (Å²) in [6, 6.07) is 13.5. The summed E-state index contributed by atoms with van der Waals surface area (Å²) in [5, 5.41) is 0. The number of rotatable bonds is 8. The molecule has 0 spiro atoms. The molecular formula is C24H28N4O3. The standard InChI is InChI=1S/C24H28N4O3/c1-30-13-14-31-21-6-4-18(5-7-21)16-28-12-2-3-20(17-28)24-26-22(15-23(29)27-24)19-8-10-25-11-9-19/h4-11,15,20H,2-3,12-14,16-17H2,1H3,(H,26,27,29). The maximum atomic E-state index is 12.3. The lowest BCUT2D eigenvalue weighted by Crippen LogP contribution is -2.35. The number of H-pyrrole nitrogens is 1. The molecule has 1 saturated heterocycles. The van der Waals surface area contributed by atoms with E-state index in [1.54, 1.807) is 25.6 Å². The molecule has 0 aliphatic carbocycles. The predicted octanol–water partition coefficient (Wildman–Crippen LogP) is 3.24. The minimum atomic E-state index is -0.113. The van der Waals surface area contributed by atoms with E-state index in [0.717, 1.165) is 49.6 Å². The molecule has 1 aliphatic heterocycles. The highest BCUT2D eigenvalue weighted by Gasteiger charge is 2.24. The summed E-state index contributed by atoms with van der Waals surface area (Å²) in [7, 11) is 1.67. The van der Waals surface area contributed by atoms with Crippen molar-refractivity contribution in [2.24, 2.45) is 0 Å². The van der Waals surface area contributed by atoms with Crippen molar-refractivity contribution in [1.82, 2.24) is 19.9 Å². The molecule has 7 heteroatoms. The summed E-state index contributed by atoms with van der Waals surface area (Å²) in [5.74, 6) is 1.83. The van der Waals surface area contributed by atoms with E-state index in [1.807, 2.05) is 24.3 Å². The summed E-state index contributed by atoms with van der Waals surface area (Å²) < 4.78 is 10.7. The number of hydrogen-bond donors (Lipinski definition) is 1. The van der Waals surface area contributed by atoms with Crippen LogP contribution in [0.5, 0.6) is 5.75 Å². The van der Waals surface area contributed by atoms with Gasteiger partial charge in [0.15, 0.2) is 0 Å². The van der Waals surface area contributed by atoms with Crippen LogP contribution in [0.15, 0.2) is 59.7 Å². The molecule has 1 aromatic carbocycles. The van der Waals surface area contributed by atoms with Crippen LogP contribution in [0.25, 0.3) is 11.3 Å². The number of aromatic amines is 1. The van der Waals surface area contributed by atoms with Crippen LogP contribution < -0.4 is 10.3 Å². The van der Waals surface area contributed by atoms with E-state index in [0.29, 0.717) is 18.9 Å². The van der Waals surface area contributed by atoms with Crippen LogP contribution >= 0.6 is 0 Å². The van der Waals surface area contributed by atoms with E-state index in [2.05, 4.69) is 27.0 Å². The molecule has 1 fully saturated rings. The number of hydrogen-bond acceptors (Lipinski definition) is 6. The van der Waals surface area contributed by atoms with Gasteiger partial charge in [-0.1, -0.05) is 12.1 Å².